The van der Waals surface area contributed by atoms with Gasteiger partial charge in [0, 0.05) is 25.7 Å². The molecule has 0 atom stereocenters. The fourth-order valence-corrected chi connectivity index (χ4v) is 5.10. The van der Waals surface area contributed by atoms with Crippen LogP contribution in [0.4, 0.5) is 4.39 Å². The number of amides is 2. The van der Waals surface area contributed by atoms with Crippen LogP contribution in [-0.4, -0.2) is 56.3 Å². The molecule has 1 fully saturated rings. The van der Waals surface area contributed by atoms with Crippen molar-refractivity contribution in [2.24, 2.45) is 0 Å². The molecule has 2 amide bonds. The maximum Gasteiger partial charge on any atom is 0.253 e. The Kier molecular flexibility index (Phi) is 6.32. The van der Waals surface area contributed by atoms with E-state index in [9.17, 15) is 22.4 Å². The lowest BCUT2D eigenvalue weighted by Crippen LogP contribution is -2.44. The van der Waals surface area contributed by atoms with E-state index < -0.39 is 26.7 Å². The number of halogens is 1. The Morgan fingerprint density at radius 3 is 2.03 bits per heavy atom. The lowest BCUT2D eigenvalue weighted by Gasteiger charge is -2.31. The number of rotatable bonds is 5. The Morgan fingerprint density at radius 2 is 1.52 bits per heavy atom. The number of carbonyl (C=O) groups excluding carboxylic acids is 2. The SMILES string of the molecule is CNC(=O)CS(=O)(=O)C1CCN(C(=O)c2ccc(-c3ccc(F)cc3)cc2)CC1. The van der Waals surface area contributed by atoms with Crippen molar-refractivity contribution in [3.8, 4) is 11.1 Å². The predicted octanol–water partition coefficient (Wildman–Crippen LogP) is 2.26. The topological polar surface area (TPSA) is 83.6 Å². The van der Waals surface area contributed by atoms with Crippen LogP contribution < -0.4 is 5.32 Å². The van der Waals surface area contributed by atoms with Crippen LogP contribution in [0, 0.1) is 5.82 Å². The Balaban J connectivity index is 1.62. The molecule has 1 aliphatic heterocycles. The fourth-order valence-electron chi connectivity index (χ4n) is 3.42. The van der Waals surface area contributed by atoms with Gasteiger partial charge in [0.25, 0.3) is 5.91 Å². The molecule has 1 N–H and O–H groups in total. The molecule has 8 heteroatoms. The van der Waals surface area contributed by atoms with Gasteiger partial charge in [-0.1, -0.05) is 24.3 Å². The zero-order valence-corrected chi connectivity index (χ0v) is 16.9. The molecule has 1 saturated heterocycles. The summed E-state index contributed by atoms with van der Waals surface area (Å²) in [7, 11) is -2.12. The second-order valence-corrected chi connectivity index (χ2v) is 9.34. The summed E-state index contributed by atoms with van der Waals surface area (Å²) >= 11 is 0. The minimum absolute atomic E-state index is 0.155. The van der Waals surface area contributed by atoms with E-state index in [4.69, 9.17) is 0 Å². The van der Waals surface area contributed by atoms with E-state index in [0.717, 1.165) is 11.1 Å². The van der Waals surface area contributed by atoms with Gasteiger partial charge in [0.05, 0.1) is 5.25 Å². The Labute approximate surface area is 169 Å². The smallest absolute Gasteiger partial charge is 0.253 e. The zero-order valence-electron chi connectivity index (χ0n) is 16.1. The van der Waals surface area contributed by atoms with E-state index in [-0.39, 0.29) is 11.7 Å². The summed E-state index contributed by atoms with van der Waals surface area (Å²) in [5, 5.41) is 1.72. The van der Waals surface area contributed by atoms with Gasteiger partial charge in [0.1, 0.15) is 11.6 Å². The Morgan fingerprint density at radius 1 is 1.00 bits per heavy atom. The molecule has 0 radical (unpaired) electrons. The monoisotopic (exact) mass is 418 g/mol. The zero-order chi connectivity index (χ0) is 21.0. The highest BCUT2D eigenvalue weighted by Gasteiger charge is 2.33. The van der Waals surface area contributed by atoms with Gasteiger partial charge < -0.3 is 10.2 Å². The second-order valence-electron chi connectivity index (χ2n) is 7.06. The van der Waals surface area contributed by atoms with E-state index in [1.54, 1.807) is 41.3 Å². The van der Waals surface area contributed by atoms with Crippen LogP contribution in [0.3, 0.4) is 0 Å². The minimum Gasteiger partial charge on any atom is -0.358 e. The largest absolute Gasteiger partial charge is 0.358 e. The van der Waals surface area contributed by atoms with Crippen molar-refractivity contribution in [3.63, 3.8) is 0 Å². The van der Waals surface area contributed by atoms with Crippen molar-refractivity contribution >= 4 is 21.7 Å². The van der Waals surface area contributed by atoms with Crippen molar-refractivity contribution in [1.82, 2.24) is 10.2 Å². The van der Waals surface area contributed by atoms with Crippen LogP contribution in [0.5, 0.6) is 0 Å². The molecular weight excluding hydrogens is 395 g/mol. The number of hydrogen-bond acceptors (Lipinski definition) is 4. The van der Waals surface area contributed by atoms with E-state index >= 15 is 0 Å². The third-order valence-corrected chi connectivity index (χ3v) is 7.31. The molecule has 2 aromatic rings. The molecule has 29 heavy (non-hydrogen) atoms. The van der Waals surface area contributed by atoms with E-state index in [1.807, 2.05) is 0 Å². The van der Waals surface area contributed by atoms with E-state index in [1.165, 1.54) is 19.2 Å². The minimum atomic E-state index is -3.52. The van der Waals surface area contributed by atoms with E-state index in [0.29, 0.717) is 31.5 Å². The summed E-state index contributed by atoms with van der Waals surface area (Å²) in [5.74, 6) is -1.50. The summed E-state index contributed by atoms with van der Waals surface area (Å²) in [6, 6.07) is 13.2. The molecule has 0 spiro atoms. The maximum absolute atomic E-state index is 13.1. The number of sulfone groups is 1. The molecule has 0 unspecified atom stereocenters. The normalized spacial score (nSPS) is 15.2. The van der Waals surface area contributed by atoms with Gasteiger partial charge in [-0.25, -0.2) is 12.8 Å². The van der Waals surface area contributed by atoms with Crippen LogP contribution in [0.15, 0.2) is 48.5 Å². The molecule has 154 valence electrons. The highest BCUT2D eigenvalue weighted by molar-refractivity contribution is 7.92. The Hall–Kier alpha value is -2.74. The fraction of sp³-hybridized carbons (Fsp3) is 0.333. The second kappa shape index (κ2) is 8.73. The lowest BCUT2D eigenvalue weighted by atomic mass is 10.0. The molecule has 6 nitrogen and oxygen atoms in total. The van der Waals surface area contributed by atoms with Crippen LogP contribution in [0.1, 0.15) is 23.2 Å². The van der Waals surface area contributed by atoms with Gasteiger partial charge in [0.15, 0.2) is 9.84 Å². The summed E-state index contributed by atoms with van der Waals surface area (Å²) in [4.78, 5) is 25.8. The molecule has 0 bridgehead atoms. The Bertz CT molecular complexity index is 980. The lowest BCUT2D eigenvalue weighted by molar-refractivity contribution is -0.118. The summed E-state index contributed by atoms with van der Waals surface area (Å²) < 4.78 is 37.7. The first kappa shape index (κ1) is 21.0. The molecule has 0 aliphatic carbocycles. The van der Waals surface area contributed by atoms with Gasteiger partial charge in [0.2, 0.25) is 5.91 Å². The van der Waals surface area contributed by atoms with Crippen LogP contribution in [0.25, 0.3) is 11.1 Å². The number of piperidine rings is 1. The molecule has 2 aromatic carbocycles. The first-order chi connectivity index (χ1) is 13.8. The molecular formula is C21H23FN2O4S. The third-order valence-electron chi connectivity index (χ3n) is 5.16. The average molecular weight is 418 g/mol. The number of nitrogens with zero attached hydrogens (tertiary/aromatic N) is 1. The van der Waals surface area contributed by atoms with Gasteiger partial charge >= 0.3 is 0 Å². The highest BCUT2D eigenvalue weighted by atomic mass is 32.2. The third kappa shape index (κ3) is 5.00. The first-order valence-electron chi connectivity index (χ1n) is 9.37. The molecule has 0 saturated carbocycles. The maximum atomic E-state index is 13.1. The van der Waals surface area contributed by atoms with Crippen LogP contribution in [-0.2, 0) is 14.6 Å². The number of nitrogens with one attached hydrogen (secondary N) is 1. The quantitative estimate of drug-likeness (QED) is 0.807. The summed E-state index contributed by atoms with van der Waals surface area (Å²) in [6.45, 7) is 0.659. The number of likely N-dealkylation sites (tertiary alicyclic amines) is 1. The molecule has 1 aliphatic rings. The number of hydrogen-bond donors (Lipinski definition) is 1. The van der Waals surface area contributed by atoms with Crippen molar-refractivity contribution in [1.29, 1.82) is 0 Å². The van der Waals surface area contributed by atoms with Gasteiger partial charge in [-0.05, 0) is 48.2 Å². The van der Waals surface area contributed by atoms with Crippen molar-refractivity contribution < 1.29 is 22.4 Å². The molecule has 1 heterocycles. The van der Waals surface area contributed by atoms with Crippen molar-refractivity contribution in [2.45, 2.75) is 18.1 Å². The number of carbonyl (C=O) groups is 2. The molecule has 0 aromatic heterocycles. The van der Waals surface area contributed by atoms with Crippen molar-refractivity contribution in [2.75, 3.05) is 25.9 Å². The van der Waals surface area contributed by atoms with Gasteiger partial charge in [-0.15, -0.1) is 0 Å². The van der Waals surface area contributed by atoms with Crippen molar-refractivity contribution in [3.05, 3.63) is 59.9 Å². The number of benzene rings is 2. The highest BCUT2D eigenvalue weighted by Crippen LogP contribution is 2.23. The van der Waals surface area contributed by atoms with Crippen LogP contribution >= 0.6 is 0 Å². The predicted molar refractivity (Wildman–Crippen MR) is 109 cm³/mol. The van der Waals surface area contributed by atoms with Gasteiger partial charge in [-0.2, -0.15) is 0 Å². The summed E-state index contributed by atoms with van der Waals surface area (Å²) in [6.07, 6.45) is 0.636. The first-order valence-corrected chi connectivity index (χ1v) is 11.1. The van der Waals surface area contributed by atoms with E-state index in [2.05, 4.69) is 5.32 Å². The van der Waals surface area contributed by atoms with Gasteiger partial charge in [-0.3, -0.25) is 9.59 Å². The average Bonchev–Trinajstić information content (AvgIpc) is 2.73. The standard InChI is InChI=1S/C21H23FN2O4S/c1-23-20(25)14-29(27,28)19-10-12-24(13-11-19)21(26)17-4-2-15(3-5-17)16-6-8-18(22)9-7-16/h2-9,19H,10-14H2,1H3,(H,23,25). The summed E-state index contributed by atoms with van der Waals surface area (Å²) in [5.41, 5.74) is 2.25. The molecule has 3 rings (SSSR count). The van der Waals surface area contributed by atoms with Crippen LogP contribution in [0.2, 0.25) is 0 Å².